The van der Waals surface area contributed by atoms with Gasteiger partial charge in [0, 0.05) is 4.47 Å². The van der Waals surface area contributed by atoms with E-state index in [-0.39, 0.29) is 5.38 Å². The maximum atomic E-state index is 6.10. The summed E-state index contributed by atoms with van der Waals surface area (Å²) in [4.78, 5) is 0. The van der Waals surface area contributed by atoms with Crippen LogP contribution in [0.2, 0.25) is 5.02 Å². The highest BCUT2D eigenvalue weighted by Crippen LogP contribution is 2.25. The van der Waals surface area contributed by atoms with Gasteiger partial charge in [0.05, 0.1) is 22.3 Å². The van der Waals surface area contributed by atoms with Gasteiger partial charge in [0.15, 0.2) is 0 Å². The first-order valence-electron chi connectivity index (χ1n) is 4.59. The molecule has 0 aliphatic carbocycles. The topological polar surface area (TPSA) is 30.7 Å². The first-order chi connectivity index (χ1) is 7.58. The summed E-state index contributed by atoms with van der Waals surface area (Å²) in [5.74, 6) is 0. The van der Waals surface area contributed by atoms with E-state index in [1.807, 2.05) is 25.1 Å². The molecule has 2 aromatic rings. The fourth-order valence-electron chi connectivity index (χ4n) is 1.24. The molecule has 84 valence electrons. The van der Waals surface area contributed by atoms with Crippen molar-refractivity contribution < 1.29 is 0 Å². The van der Waals surface area contributed by atoms with Crippen LogP contribution in [-0.4, -0.2) is 15.0 Å². The smallest absolute Gasteiger partial charge is 0.101 e. The first-order valence-corrected chi connectivity index (χ1v) is 6.20. The summed E-state index contributed by atoms with van der Waals surface area (Å²) in [6.07, 6.45) is 1.77. The largest absolute Gasteiger partial charge is 0.219 e. The number of benzene rings is 1. The third-order valence-corrected chi connectivity index (χ3v) is 3.09. The van der Waals surface area contributed by atoms with Crippen molar-refractivity contribution >= 4 is 39.1 Å². The molecule has 0 bridgehead atoms. The summed E-state index contributed by atoms with van der Waals surface area (Å²) in [7, 11) is 0. The Hall–Kier alpha value is -0.580. The second-order valence-electron chi connectivity index (χ2n) is 3.30. The van der Waals surface area contributed by atoms with Crippen molar-refractivity contribution in [2.75, 3.05) is 0 Å². The van der Waals surface area contributed by atoms with Crippen molar-refractivity contribution in [1.82, 2.24) is 15.0 Å². The molecule has 3 nitrogen and oxygen atoms in total. The van der Waals surface area contributed by atoms with Crippen LogP contribution in [0.25, 0.3) is 5.69 Å². The summed E-state index contributed by atoms with van der Waals surface area (Å²) < 4.78 is 2.54. The number of hydrogen-bond acceptors (Lipinski definition) is 2. The molecule has 0 fully saturated rings. The third-order valence-electron chi connectivity index (χ3n) is 2.08. The standard InChI is InChI=1S/C10H8BrCl2N3/c1-6(12)9-5-16(15-14-9)10-3-2-7(11)4-8(10)13/h2-6H,1H3. The van der Waals surface area contributed by atoms with E-state index in [0.717, 1.165) is 15.9 Å². The molecule has 16 heavy (non-hydrogen) atoms. The van der Waals surface area contributed by atoms with Crippen molar-refractivity contribution in [1.29, 1.82) is 0 Å². The fourth-order valence-corrected chi connectivity index (χ4v) is 2.10. The Balaban J connectivity index is 2.42. The van der Waals surface area contributed by atoms with E-state index in [2.05, 4.69) is 26.2 Å². The van der Waals surface area contributed by atoms with E-state index in [1.54, 1.807) is 10.9 Å². The van der Waals surface area contributed by atoms with Crippen molar-refractivity contribution in [2.45, 2.75) is 12.3 Å². The van der Waals surface area contributed by atoms with Gasteiger partial charge < -0.3 is 0 Å². The van der Waals surface area contributed by atoms with Crippen LogP contribution in [0.5, 0.6) is 0 Å². The molecule has 0 amide bonds. The Morgan fingerprint density at radius 3 is 2.75 bits per heavy atom. The predicted molar refractivity (Wildman–Crippen MR) is 68.3 cm³/mol. The van der Waals surface area contributed by atoms with Gasteiger partial charge >= 0.3 is 0 Å². The summed E-state index contributed by atoms with van der Waals surface area (Å²) in [5.41, 5.74) is 1.50. The molecular formula is C10H8BrCl2N3. The second-order valence-corrected chi connectivity index (χ2v) is 5.28. The first kappa shape index (κ1) is 11.9. The monoisotopic (exact) mass is 319 g/mol. The summed E-state index contributed by atoms with van der Waals surface area (Å²) >= 11 is 15.4. The molecule has 0 aliphatic rings. The predicted octanol–water partition coefficient (Wildman–Crippen LogP) is 3.98. The molecule has 0 radical (unpaired) electrons. The maximum absolute atomic E-state index is 6.10. The quantitative estimate of drug-likeness (QED) is 0.783. The molecule has 2 rings (SSSR count). The summed E-state index contributed by atoms with van der Waals surface area (Å²) in [5, 5.41) is 8.39. The Kier molecular flexibility index (Phi) is 3.52. The van der Waals surface area contributed by atoms with E-state index in [0.29, 0.717) is 5.02 Å². The van der Waals surface area contributed by atoms with E-state index < -0.39 is 0 Å². The molecule has 0 saturated carbocycles. The molecule has 0 aliphatic heterocycles. The average Bonchev–Trinajstić information content (AvgIpc) is 2.66. The second kappa shape index (κ2) is 4.73. The molecule has 0 spiro atoms. The Bertz CT molecular complexity index is 511. The Labute approximate surface area is 111 Å². The molecule has 0 saturated heterocycles. The molecule has 0 N–H and O–H groups in total. The lowest BCUT2D eigenvalue weighted by molar-refractivity contribution is 0.796. The van der Waals surface area contributed by atoms with Gasteiger partial charge in [-0.2, -0.15) is 0 Å². The van der Waals surface area contributed by atoms with Gasteiger partial charge in [-0.3, -0.25) is 0 Å². The fraction of sp³-hybridized carbons (Fsp3) is 0.200. The highest BCUT2D eigenvalue weighted by atomic mass is 79.9. The number of rotatable bonds is 2. The van der Waals surface area contributed by atoms with Gasteiger partial charge in [0.2, 0.25) is 0 Å². The molecule has 1 aromatic carbocycles. The molecular weight excluding hydrogens is 313 g/mol. The zero-order valence-corrected chi connectivity index (χ0v) is 11.5. The SMILES string of the molecule is CC(Cl)c1cn(-c2ccc(Br)cc2Cl)nn1. The number of hydrogen-bond donors (Lipinski definition) is 0. The Morgan fingerprint density at radius 2 is 2.19 bits per heavy atom. The zero-order valence-electron chi connectivity index (χ0n) is 8.36. The minimum absolute atomic E-state index is 0.164. The number of nitrogens with zero attached hydrogens (tertiary/aromatic N) is 3. The van der Waals surface area contributed by atoms with Gasteiger partial charge in [-0.15, -0.1) is 16.7 Å². The Morgan fingerprint density at radius 1 is 1.44 bits per heavy atom. The number of alkyl halides is 1. The summed E-state index contributed by atoms with van der Waals surface area (Å²) in [6.45, 7) is 1.85. The van der Waals surface area contributed by atoms with Crippen LogP contribution in [0.1, 0.15) is 18.0 Å². The van der Waals surface area contributed by atoms with E-state index >= 15 is 0 Å². The van der Waals surface area contributed by atoms with Crippen LogP contribution >= 0.6 is 39.1 Å². The lowest BCUT2D eigenvalue weighted by Crippen LogP contribution is -1.95. The van der Waals surface area contributed by atoms with Crippen molar-refractivity contribution in [3.63, 3.8) is 0 Å². The lowest BCUT2D eigenvalue weighted by atomic mass is 10.3. The van der Waals surface area contributed by atoms with Crippen LogP contribution in [0.15, 0.2) is 28.9 Å². The molecule has 1 heterocycles. The molecule has 6 heteroatoms. The highest BCUT2D eigenvalue weighted by Gasteiger charge is 2.09. The van der Waals surface area contributed by atoms with Gasteiger partial charge in [-0.25, -0.2) is 4.68 Å². The number of halogens is 3. The van der Waals surface area contributed by atoms with Crippen LogP contribution in [0, 0.1) is 0 Å². The minimum atomic E-state index is -0.164. The van der Waals surface area contributed by atoms with E-state index in [4.69, 9.17) is 23.2 Å². The summed E-state index contributed by atoms with van der Waals surface area (Å²) in [6, 6.07) is 5.57. The van der Waals surface area contributed by atoms with E-state index in [9.17, 15) is 0 Å². The molecule has 1 atom stereocenters. The highest BCUT2D eigenvalue weighted by molar-refractivity contribution is 9.10. The number of aromatic nitrogens is 3. The zero-order chi connectivity index (χ0) is 11.7. The van der Waals surface area contributed by atoms with Crippen molar-refractivity contribution in [3.05, 3.63) is 39.6 Å². The molecule has 1 unspecified atom stereocenters. The normalized spacial score (nSPS) is 12.8. The van der Waals surface area contributed by atoms with Crippen LogP contribution < -0.4 is 0 Å². The van der Waals surface area contributed by atoms with Crippen molar-refractivity contribution in [2.24, 2.45) is 0 Å². The van der Waals surface area contributed by atoms with Crippen molar-refractivity contribution in [3.8, 4) is 5.69 Å². The van der Waals surface area contributed by atoms with Gasteiger partial charge in [0.25, 0.3) is 0 Å². The van der Waals surface area contributed by atoms with Gasteiger partial charge in [-0.05, 0) is 25.1 Å². The minimum Gasteiger partial charge on any atom is -0.219 e. The lowest BCUT2D eigenvalue weighted by Gasteiger charge is -2.03. The van der Waals surface area contributed by atoms with Crippen LogP contribution in [-0.2, 0) is 0 Å². The molecule has 1 aromatic heterocycles. The van der Waals surface area contributed by atoms with Crippen LogP contribution in [0.4, 0.5) is 0 Å². The van der Waals surface area contributed by atoms with E-state index in [1.165, 1.54) is 0 Å². The average molecular weight is 321 g/mol. The van der Waals surface area contributed by atoms with Crippen LogP contribution in [0.3, 0.4) is 0 Å². The third kappa shape index (κ3) is 2.39. The van der Waals surface area contributed by atoms with Gasteiger partial charge in [-0.1, -0.05) is 32.7 Å². The van der Waals surface area contributed by atoms with Gasteiger partial charge in [0.1, 0.15) is 5.69 Å². The maximum Gasteiger partial charge on any atom is 0.101 e.